The molecule has 1 heterocycles. The Balaban J connectivity index is 1.77. The Labute approximate surface area is 152 Å². The Morgan fingerprint density at radius 1 is 1.24 bits per heavy atom. The molecule has 25 heavy (non-hydrogen) atoms. The van der Waals surface area contributed by atoms with Crippen molar-refractivity contribution in [2.24, 2.45) is 5.73 Å². The van der Waals surface area contributed by atoms with E-state index in [1.165, 1.54) is 16.1 Å². The number of para-hydroxylation sites is 1. The molecule has 0 aliphatic carbocycles. The third-order valence-electron chi connectivity index (χ3n) is 3.39. The number of ether oxygens (including phenoxy) is 1. The van der Waals surface area contributed by atoms with E-state index in [1.54, 1.807) is 6.07 Å². The number of rotatable bonds is 6. The Morgan fingerprint density at radius 2 is 2.00 bits per heavy atom. The zero-order valence-corrected chi connectivity index (χ0v) is 14.6. The van der Waals surface area contributed by atoms with Crippen molar-refractivity contribution in [3.63, 3.8) is 0 Å². The van der Waals surface area contributed by atoms with E-state index in [0.29, 0.717) is 34.3 Å². The van der Waals surface area contributed by atoms with Gasteiger partial charge in [0, 0.05) is 11.1 Å². The fraction of sp³-hybridized carbons (Fsp3) is 0.118. The van der Waals surface area contributed by atoms with Crippen LogP contribution in [0.2, 0.25) is 5.02 Å². The van der Waals surface area contributed by atoms with E-state index >= 15 is 0 Å². The molecule has 6 nitrogen and oxygen atoms in total. The molecule has 3 aromatic rings. The second kappa shape index (κ2) is 7.50. The molecule has 0 atom stereocenters. The lowest BCUT2D eigenvalue weighted by Crippen LogP contribution is -2.18. The van der Waals surface area contributed by atoms with Gasteiger partial charge < -0.3 is 10.5 Å². The van der Waals surface area contributed by atoms with Gasteiger partial charge >= 0.3 is 5.69 Å². The van der Waals surface area contributed by atoms with Crippen molar-refractivity contribution in [2.75, 3.05) is 6.61 Å². The number of hydrogen-bond acceptors (Lipinski definition) is 5. The smallest absolute Gasteiger partial charge is 0.358 e. The molecule has 0 radical (unpaired) electrons. The quantitative estimate of drug-likeness (QED) is 0.717. The van der Waals surface area contributed by atoms with Crippen molar-refractivity contribution in [2.45, 2.75) is 6.54 Å². The van der Waals surface area contributed by atoms with Gasteiger partial charge in [0.1, 0.15) is 17.4 Å². The highest BCUT2D eigenvalue weighted by atomic mass is 35.5. The average Bonchev–Trinajstić information content (AvgIpc) is 2.97. The van der Waals surface area contributed by atoms with Crippen LogP contribution in [-0.2, 0) is 6.54 Å². The second-order valence-corrected chi connectivity index (χ2v) is 6.53. The van der Waals surface area contributed by atoms with Crippen LogP contribution in [0.15, 0.2) is 53.3 Å². The molecular weight excluding hydrogens is 362 g/mol. The molecule has 1 aromatic heterocycles. The molecule has 0 aliphatic heterocycles. The van der Waals surface area contributed by atoms with Crippen LogP contribution >= 0.6 is 23.1 Å². The summed E-state index contributed by atoms with van der Waals surface area (Å²) in [5.74, 6) is 0.165. The summed E-state index contributed by atoms with van der Waals surface area (Å²) in [4.78, 5) is 27.4. The fourth-order valence-corrected chi connectivity index (χ4v) is 3.31. The molecule has 0 bridgehead atoms. The lowest BCUT2D eigenvalue weighted by atomic mass is 10.1. The summed E-state index contributed by atoms with van der Waals surface area (Å²) in [6, 6.07) is 14.0. The zero-order valence-electron chi connectivity index (χ0n) is 13.0. The van der Waals surface area contributed by atoms with Crippen molar-refractivity contribution < 1.29 is 9.53 Å². The first-order valence-electron chi connectivity index (χ1n) is 7.40. The van der Waals surface area contributed by atoms with Crippen LogP contribution in [0.1, 0.15) is 10.4 Å². The van der Waals surface area contributed by atoms with Crippen LogP contribution in [-0.4, -0.2) is 21.5 Å². The molecular formula is C17H14ClN3O3S. The number of halogens is 1. The van der Waals surface area contributed by atoms with Crippen molar-refractivity contribution >= 4 is 29.0 Å². The van der Waals surface area contributed by atoms with Gasteiger partial charge in [-0.1, -0.05) is 29.8 Å². The van der Waals surface area contributed by atoms with Gasteiger partial charge in [-0.05, 0) is 41.9 Å². The summed E-state index contributed by atoms with van der Waals surface area (Å²) in [6.07, 6.45) is 0. The van der Waals surface area contributed by atoms with Crippen LogP contribution in [0, 0.1) is 0 Å². The van der Waals surface area contributed by atoms with E-state index in [0.717, 1.165) is 17.3 Å². The van der Waals surface area contributed by atoms with Gasteiger partial charge in [-0.15, -0.1) is 0 Å². The van der Waals surface area contributed by atoms with Gasteiger partial charge in [0.25, 0.3) is 0 Å². The Morgan fingerprint density at radius 3 is 2.72 bits per heavy atom. The van der Waals surface area contributed by atoms with E-state index in [4.69, 9.17) is 22.1 Å². The highest BCUT2D eigenvalue weighted by molar-refractivity contribution is 7.09. The fourth-order valence-electron chi connectivity index (χ4n) is 2.16. The van der Waals surface area contributed by atoms with Crippen molar-refractivity contribution in [1.82, 2.24) is 8.94 Å². The number of amides is 1. The minimum atomic E-state index is -0.569. The van der Waals surface area contributed by atoms with E-state index in [2.05, 4.69) is 4.98 Å². The SMILES string of the molecule is NC(=O)c1ccc(Cl)c(-c2nc(=O)n(CCOc3ccccc3)s2)c1. The highest BCUT2D eigenvalue weighted by Gasteiger charge is 2.14. The molecule has 0 unspecified atom stereocenters. The van der Waals surface area contributed by atoms with Crippen molar-refractivity contribution in [3.8, 4) is 16.3 Å². The largest absolute Gasteiger partial charge is 0.492 e. The van der Waals surface area contributed by atoms with Crippen LogP contribution in [0.4, 0.5) is 0 Å². The maximum absolute atomic E-state index is 12.1. The second-order valence-electron chi connectivity index (χ2n) is 5.11. The Hall–Kier alpha value is -2.64. The molecule has 3 rings (SSSR count). The van der Waals surface area contributed by atoms with E-state index in [-0.39, 0.29) is 0 Å². The van der Waals surface area contributed by atoms with E-state index in [1.807, 2.05) is 30.3 Å². The van der Waals surface area contributed by atoms with Gasteiger partial charge in [0.05, 0.1) is 11.6 Å². The minimum absolute atomic E-state index is 0.306. The minimum Gasteiger partial charge on any atom is -0.492 e. The number of primary amides is 1. The van der Waals surface area contributed by atoms with Gasteiger partial charge in [-0.25, -0.2) is 8.75 Å². The predicted molar refractivity (Wildman–Crippen MR) is 97.3 cm³/mol. The Bertz CT molecular complexity index is 953. The predicted octanol–water partition coefficient (Wildman–Crippen LogP) is 2.80. The summed E-state index contributed by atoms with van der Waals surface area (Å²) < 4.78 is 7.06. The third kappa shape index (κ3) is 4.07. The first-order valence-corrected chi connectivity index (χ1v) is 8.55. The van der Waals surface area contributed by atoms with E-state index in [9.17, 15) is 9.59 Å². The van der Waals surface area contributed by atoms with Crippen LogP contribution in [0.3, 0.4) is 0 Å². The first kappa shape index (κ1) is 17.2. The standard InChI is InChI=1S/C17H14ClN3O3S/c18-14-7-6-11(15(19)22)10-13(14)16-20-17(23)21(25-16)8-9-24-12-4-2-1-3-5-12/h1-7,10H,8-9H2,(H2,19,22). The molecule has 8 heteroatoms. The van der Waals surface area contributed by atoms with Crippen LogP contribution in [0.25, 0.3) is 10.6 Å². The number of nitrogens with zero attached hydrogens (tertiary/aromatic N) is 2. The maximum atomic E-state index is 12.1. The third-order valence-corrected chi connectivity index (χ3v) is 4.77. The number of carbonyl (C=O) groups excluding carboxylic acids is 1. The number of hydrogen-bond donors (Lipinski definition) is 1. The molecule has 2 aromatic carbocycles. The van der Waals surface area contributed by atoms with Crippen molar-refractivity contribution in [1.29, 1.82) is 0 Å². The number of benzene rings is 2. The van der Waals surface area contributed by atoms with Gasteiger partial charge in [0.15, 0.2) is 0 Å². The molecule has 128 valence electrons. The van der Waals surface area contributed by atoms with Crippen molar-refractivity contribution in [3.05, 3.63) is 69.6 Å². The molecule has 0 fully saturated rings. The summed E-state index contributed by atoms with van der Waals surface area (Å²) in [6.45, 7) is 0.694. The number of nitrogens with two attached hydrogens (primary N) is 1. The average molecular weight is 376 g/mol. The monoisotopic (exact) mass is 375 g/mol. The molecule has 0 aliphatic rings. The summed E-state index contributed by atoms with van der Waals surface area (Å²) in [5, 5.41) is 0.823. The molecule has 0 saturated carbocycles. The first-order chi connectivity index (χ1) is 12.0. The number of carbonyl (C=O) groups is 1. The van der Waals surface area contributed by atoms with Crippen LogP contribution in [0.5, 0.6) is 5.75 Å². The maximum Gasteiger partial charge on any atom is 0.358 e. The zero-order chi connectivity index (χ0) is 17.8. The lowest BCUT2D eigenvalue weighted by molar-refractivity contribution is 0.100. The summed E-state index contributed by atoms with van der Waals surface area (Å²) >= 11 is 7.32. The summed E-state index contributed by atoms with van der Waals surface area (Å²) in [7, 11) is 0. The molecule has 1 amide bonds. The topological polar surface area (TPSA) is 87.2 Å². The molecule has 0 saturated heterocycles. The molecule has 0 spiro atoms. The highest BCUT2D eigenvalue weighted by Crippen LogP contribution is 2.29. The molecule has 2 N–H and O–H groups in total. The van der Waals surface area contributed by atoms with Gasteiger partial charge in [-0.2, -0.15) is 4.98 Å². The van der Waals surface area contributed by atoms with Gasteiger partial charge in [0.2, 0.25) is 5.91 Å². The summed E-state index contributed by atoms with van der Waals surface area (Å²) in [5.41, 5.74) is 5.70. The normalized spacial score (nSPS) is 10.6. The lowest BCUT2D eigenvalue weighted by Gasteiger charge is -2.05. The Kier molecular flexibility index (Phi) is 5.16. The van der Waals surface area contributed by atoms with E-state index < -0.39 is 11.6 Å². The van der Waals surface area contributed by atoms with Gasteiger partial charge in [-0.3, -0.25) is 4.79 Å². The number of aromatic nitrogens is 2. The van der Waals surface area contributed by atoms with Crippen LogP contribution < -0.4 is 16.2 Å².